The van der Waals surface area contributed by atoms with Crippen LogP contribution in [0.5, 0.6) is 0 Å². The van der Waals surface area contributed by atoms with Gasteiger partial charge in [0, 0.05) is 12.1 Å². The number of nitrogens with one attached hydrogen (secondary N) is 2. The first-order chi connectivity index (χ1) is 10.5. The van der Waals surface area contributed by atoms with Gasteiger partial charge in [-0.1, -0.05) is 19.9 Å². The molecule has 0 fully saturated rings. The number of rotatable bonds is 6. The number of methoxy groups -OCH3 is 1. The number of amides is 2. The predicted octanol–water partition coefficient (Wildman–Crippen LogP) is 1.77. The molecule has 23 heavy (non-hydrogen) atoms. The standard InChI is InChI=1S/C16H28N2O5/c1-10(2)13(14(20)22-7)18-12(19)9-8-11(3)17-15(21)23-16(4,5)6/h8-11,13H,1-7H3,(H,17,21)(H,18,19)/b9-8+. The fraction of sp³-hybridized carbons (Fsp3) is 0.688. The quantitative estimate of drug-likeness (QED) is 0.572. The highest BCUT2D eigenvalue weighted by Crippen LogP contribution is 2.07. The van der Waals surface area contributed by atoms with Crippen molar-refractivity contribution < 1.29 is 23.9 Å². The summed E-state index contributed by atoms with van der Waals surface area (Å²) < 4.78 is 9.76. The third kappa shape index (κ3) is 9.55. The van der Waals surface area contributed by atoms with Gasteiger partial charge in [-0.2, -0.15) is 0 Å². The molecule has 0 aliphatic carbocycles. The summed E-state index contributed by atoms with van der Waals surface area (Å²) in [5.41, 5.74) is -0.587. The maximum absolute atomic E-state index is 11.8. The number of hydrogen-bond acceptors (Lipinski definition) is 5. The second-order valence-electron chi connectivity index (χ2n) is 6.55. The number of carbonyl (C=O) groups excluding carboxylic acids is 3. The summed E-state index contributed by atoms with van der Waals surface area (Å²) in [4.78, 5) is 35.0. The lowest BCUT2D eigenvalue weighted by Crippen LogP contribution is -2.44. The fourth-order valence-corrected chi connectivity index (χ4v) is 1.60. The summed E-state index contributed by atoms with van der Waals surface area (Å²) in [6, 6.07) is -1.11. The van der Waals surface area contributed by atoms with Crippen LogP contribution >= 0.6 is 0 Å². The Morgan fingerprint density at radius 2 is 1.61 bits per heavy atom. The molecule has 7 nitrogen and oxygen atoms in total. The summed E-state index contributed by atoms with van der Waals surface area (Å²) in [5, 5.41) is 5.15. The largest absolute Gasteiger partial charge is 0.467 e. The smallest absolute Gasteiger partial charge is 0.408 e. The van der Waals surface area contributed by atoms with Crippen LogP contribution in [0.15, 0.2) is 12.2 Å². The number of alkyl carbamates (subject to hydrolysis) is 1. The van der Waals surface area contributed by atoms with E-state index in [-0.39, 0.29) is 5.92 Å². The molecule has 0 saturated carbocycles. The SMILES string of the molecule is COC(=O)C(NC(=O)/C=C/C(C)NC(=O)OC(C)(C)C)C(C)C. The second-order valence-corrected chi connectivity index (χ2v) is 6.55. The first kappa shape index (κ1) is 20.9. The minimum atomic E-state index is -0.716. The molecule has 0 aromatic carbocycles. The molecule has 2 unspecified atom stereocenters. The Morgan fingerprint density at radius 1 is 1.04 bits per heavy atom. The van der Waals surface area contributed by atoms with Crippen molar-refractivity contribution in [1.82, 2.24) is 10.6 Å². The van der Waals surface area contributed by atoms with Gasteiger partial charge in [0.1, 0.15) is 11.6 Å². The van der Waals surface area contributed by atoms with Crippen LogP contribution in [0.2, 0.25) is 0 Å². The summed E-state index contributed by atoms with van der Waals surface area (Å²) >= 11 is 0. The number of ether oxygens (including phenoxy) is 2. The Labute approximate surface area is 137 Å². The third-order valence-corrected chi connectivity index (χ3v) is 2.70. The topological polar surface area (TPSA) is 93.7 Å². The van der Waals surface area contributed by atoms with Gasteiger partial charge in [0.05, 0.1) is 7.11 Å². The molecule has 132 valence electrons. The molecule has 2 N–H and O–H groups in total. The number of hydrogen-bond donors (Lipinski definition) is 2. The zero-order valence-electron chi connectivity index (χ0n) is 14.9. The molecule has 0 spiro atoms. The Hall–Kier alpha value is -2.05. The number of esters is 1. The average Bonchev–Trinajstić information content (AvgIpc) is 2.39. The van der Waals surface area contributed by atoms with Crippen LogP contribution in [0, 0.1) is 5.92 Å². The molecule has 2 amide bonds. The Bertz CT molecular complexity index is 452. The van der Waals surface area contributed by atoms with Crippen molar-refractivity contribution in [2.75, 3.05) is 7.11 Å². The van der Waals surface area contributed by atoms with Gasteiger partial charge in [-0.15, -0.1) is 0 Å². The van der Waals surface area contributed by atoms with Crippen molar-refractivity contribution in [2.24, 2.45) is 5.92 Å². The van der Waals surface area contributed by atoms with E-state index in [1.165, 1.54) is 19.3 Å². The molecule has 2 atom stereocenters. The molecule has 0 radical (unpaired) electrons. The van der Waals surface area contributed by atoms with Gasteiger partial charge in [0.25, 0.3) is 0 Å². The van der Waals surface area contributed by atoms with Crippen LogP contribution in [-0.2, 0) is 19.1 Å². The van der Waals surface area contributed by atoms with Crippen LogP contribution < -0.4 is 10.6 Å². The zero-order valence-corrected chi connectivity index (χ0v) is 14.9. The van der Waals surface area contributed by atoms with Crippen LogP contribution in [0.25, 0.3) is 0 Å². The van der Waals surface area contributed by atoms with Crippen LogP contribution in [-0.4, -0.2) is 42.8 Å². The van der Waals surface area contributed by atoms with Crippen molar-refractivity contribution in [3.63, 3.8) is 0 Å². The first-order valence-electron chi connectivity index (χ1n) is 7.52. The van der Waals surface area contributed by atoms with Crippen molar-refractivity contribution in [3.8, 4) is 0 Å². The molecule has 0 heterocycles. The minimum absolute atomic E-state index is 0.0999. The van der Waals surface area contributed by atoms with Gasteiger partial charge in [-0.3, -0.25) is 4.79 Å². The van der Waals surface area contributed by atoms with Crippen LogP contribution in [0.4, 0.5) is 4.79 Å². The summed E-state index contributed by atoms with van der Waals surface area (Å²) in [6.45, 7) is 10.6. The lowest BCUT2D eigenvalue weighted by atomic mass is 10.0. The zero-order chi connectivity index (χ0) is 18.2. The van der Waals surface area contributed by atoms with Crippen molar-refractivity contribution >= 4 is 18.0 Å². The summed E-state index contributed by atoms with van der Waals surface area (Å²) in [6.07, 6.45) is 2.21. The van der Waals surface area contributed by atoms with Crippen LogP contribution in [0.3, 0.4) is 0 Å². The minimum Gasteiger partial charge on any atom is -0.467 e. The van der Waals surface area contributed by atoms with E-state index in [0.29, 0.717) is 0 Å². The van der Waals surface area contributed by atoms with E-state index in [1.54, 1.807) is 41.5 Å². The second kappa shape index (κ2) is 9.17. The molecule has 0 bridgehead atoms. The van der Waals surface area contributed by atoms with Crippen molar-refractivity contribution in [1.29, 1.82) is 0 Å². The fourth-order valence-electron chi connectivity index (χ4n) is 1.60. The Morgan fingerprint density at radius 3 is 2.04 bits per heavy atom. The Kier molecular flexibility index (Phi) is 8.35. The molecule has 0 aromatic rings. The predicted molar refractivity (Wildman–Crippen MR) is 86.8 cm³/mol. The van der Waals surface area contributed by atoms with E-state index in [1.807, 2.05) is 0 Å². The number of carbonyl (C=O) groups is 3. The highest BCUT2D eigenvalue weighted by atomic mass is 16.6. The molecular formula is C16H28N2O5. The molecule has 0 rings (SSSR count). The van der Waals surface area contributed by atoms with Crippen molar-refractivity contribution in [2.45, 2.75) is 59.2 Å². The van der Waals surface area contributed by atoms with E-state index in [0.717, 1.165) is 0 Å². The van der Waals surface area contributed by atoms with Gasteiger partial charge in [0.2, 0.25) is 5.91 Å². The third-order valence-electron chi connectivity index (χ3n) is 2.70. The lowest BCUT2D eigenvalue weighted by molar-refractivity contribution is -0.145. The first-order valence-corrected chi connectivity index (χ1v) is 7.52. The summed E-state index contributed by atoms with van der Waals surface area (Å²) in [7, 11) is 1.27. The van der Waals surface area contributed by atoms with Gasteiger partial charge in [-0.05, 0) is 33.6 Å². The lowest BCUT2D eigenvalue weighted by Gasteiger charge is -2.21. The van der Waals surface area contributed by atoms with Gasteiger partial charge in [0.15, 0.2) is 0 Å². The normalized spacial score (nSPS) is 14.3. The van der Waals surface area contributed by atoms with Gasteiger partial charge < -0.3 is 20.1 Å². The van der Waals surface area contributed by atoms with Crippen LogP contribution in [0.1, 0.15) is 41.5 Å². The summed E-state index contributed by atoms with van der Waals surface area (Å²) in [5.74, 6) is -1.04. The van der Waals surface area contributed by atoms with E-state index < -0.39 is 35.7 Å². The molecule has 7 heteroatoms. The van der Waals surface area contributed by atoms with E-state index >= 15 is 0 Å². The van der Waals surface area contributed by atoms with Crippen molar-refractivity contribution in [3.05, 3.63) is 12.2 Å². The molecule has 0 aromatic heterocycles. The highest BCUT2D eigenvalue weighted by Gasteiger charge is 2.24. The maximum Gasteiger partial charge on any atom is 0.408 e. The highest BCUT2D eigenvalue weighted by molar-refractivity contribution is 5.91. The average molecular weight is 328 g/mol. The van der Waals surface area contributed by atoms with E-state index in [4.69, 9.17) is 4.74 Å². The van der Waals surface area contributed by atoms with E-state index in [2.05, 4.69) is 15.4 Å². The maximum atomic E-state index is 11.8. The molecule has 0 aliphatic heterocycles. The molecule has 0 saturated heterocycles. The van der Waals surface area contributed by atoms with E-state index in [9.17, 15) is 14.4 Å². The Balaban J connectivity index is 4.50. The molecular weight excluding hydrogens is 300 g/mol. The van der Waals surface area contributed by atoms with Gasteiger partial charge >= 0.3 is 12.1 Å². The monoisotopic (exact) mass is 328 g/mol. The molecule has 0 aliphatic rings. The van der Waals surface area contributed by atoms with Gasteiger partial charge in [-0.25, -0.2) is 9.59 Å².